The van der Waals surface area contributed by atoms with Crippen LogP contribution in [0, 0.1) is 29.6 Å². The second-order valence-electron chi connectivity index (χ2n) is 3.65. The molecule has 1 aromatic carbocycles. The fourth-order valence-electron chi connectivity index (χ4n) is 1.46. The van der Waals surface area contributed by atoms with Gasteiger partial charge >= 0.3 is 0 Å². The zero-order chi connectivity index (χ0) is 13.7. The molecule has 0 heterocycles. The number of nitriles is 2. The van der Waals surface area contributed by atoms with Crippen molar-refractivity contribution in [3.8, 4) is 12.1 Å². The fourth-order valence-corrected chi connectivity index (χ4v) is 1.94. The normalized spacial score (nSPS) is 9.33. The molecule has 18 heavy (non-hydrogen) atoms. The van der Waals surface area contributed by atoms with E-state index in [-0.39, 0.29) is 19.0 Å². The molecular formula is C12H11BrN4O. The summed E-state index contributed by atoms with van der Waals surface area (Å²) in [5, 5.41) is 17.3. The van der Waals surface area contributed by atoms with E-state index in [9.17, 15) is 4.79 Å². The number of benzene rings is 1. The van der Waals surface area contributed by atoms with Crippen molar-refractivity contribution >= 4 is 27.5 Å². The molecule has 0 spiro atoms. The van der Waals surface area contributed by atoms with E-state index < -0.39 is 0 Å². The van der Waals surface area contributed by atoms with E-state index in [0.717, 1.165) is 0 Å². The lowest BCUT2D eigenvalue weighted by atomic mass is 10.1. The minimum absolute atomic E-state index is 0.127. The van der Waals surface area contributed by atoms with Crippen LogP contribution in [0.2, 0.25) is 0 Å². The molecule has 0 aliphatic heterocycles. The van der Waals surface area contributed by atoms with Gasteiger partial charge in [-0.25, -0.2) is 0 Å². The van der Waals surface area contributed by atoms with E-state index in [1.54, 1.807) is 19.1 Å². The molecule has 2 N–H and O–H groups in total. The Morgan fingerprint density at radius 2 is 1.94 bits per heavy atom. The van der Waals surface area contributed by atoms with Gasteiger partial charge in [-0.3, -0.25) is 4.79 Å². The molecule has 6 heteroatoms. The van der Waals surface area contributed by atoms with Crippen LogP contribution < -0.4 is 5.73 Å². The van der Waals surface area contributed by atoms with Crippen molar-refractivity contribution in [1.82, 2.24) is 4.90 Å². The van der Waals surface area contributed by atoms with Crippen molar-refractivity contribution in [2.75, 3.05) is 18.8 Å². The molecule has 0 aromatic heterocycles. The van der Waals surface area contributed by atoms with Gasteiger partial charge in [-0.05, 0) is 24.6 Å². The van der Waals surface area contributed by atoms with Crippen LogP contribution in [0.3, 0.4) is 0 Å². The first kappa shape index (κ1) is 14.0. The molecule has 0 fully saturated rings. The minimum atomic E-state index is -0.372. The summed E-state index contributed by atoms with van der Waals surface area (Å²) in [5.74, 6) is -0.372. The molecule has 0 saturated heterocycles. The number of rotatable bonds is 3. The van der Waals surface area contributed by atoms with Gasteiger partial charge in [0.2, 0.25) is 0 Å². The second kappa shape index (κ2) is 6.04. The van der Waals surface area contributed by atoms with Crippen LogP contribution in [0.1, 0.15) is 15.9 Å². The van der Waals surface area contributed by atoms with Crippen LogP contribution >= 0.6 is 15.9 Å². The lowest BCUT2D eigenvalue weighted by molar-refractivity contribution is 0.0794. The largest absolute Gasteiger partial charge is 0.398 e. The summed E-state index contributed by atoms with van der Waals surface area (Å²) in [6.07, 6.45) is 0. The fraction of sp³-hybridized carbons (Fsp3) is 0.250. The van der Waals surface area contributed by atoms with E-state index >= 15 is 0 Å². The van der Waals surface area contributed by atoms with Crippen molar-refractivity contribution in [3.63, 3.8) is 0 Å². The Morgan fingerprint density at radius 3 is 2.44 bits per heavy atom. The number of hydrogen-bond donors (Lipinski definition) is 1. The van der Waals surface area contributed by atoms with Gasteiger partial charge < -0.3 is 10.6 Å². The molecule has 0 aliphatic carbocycles. The Kier molecular flexibility index (Phi) is 4.70. The molecular weight excluding hydrogens is 296 g/mol. The SMILES string of the molecule is Cc1c(N)cc(Br)cc1C(=O)N(CC#N)CC#N. The molecule has 0 saturated carbocycles. The van der Waals surface area contributed by atoms with Crippen LogP contribution in [0.4, 0.5) is 5.69 Å². The first-order valence-corrected chi connectivity index (χ1v) is 5.89. The van der Waals surface area contributed by atoms with Gasteiger partial charge in [-0.1, -0.05) is 15.9 Å². The van der Waals surface area contributed by atoms with E-state index in [1.165, 1.54) is 4.90 Å². The molecule has 0 atom stereocenters. The van der Waals surface area contributed by atoms with Crippen LogP contribution in [-0.2, 0) is 0 Å². The highest BCUT2D eigenvalue weighted by molar-refractivity contribution is 9.10. The van der Waals surface area contributed by atoms with Gasteiger partial charge in [0.25, 0.3) is 5.91 Å². The summed E-state index contributed by atoms with van der Waals surface area (Å²) in [6, 6.07) is 7.06. The summed E-state index contributed by atoms with van der Waals surface area (Å²) in [5.41, 5.74) is 7.30. The van der Waals surface area contributed by atoms with Gasteiger partial charge in [0.1, 0.15) is 13.1 Å². The lowest BCUT2D eigenvalue weighted by Crippen LogP contribution is -2.32. The number of nitrogens with two attached hydrogens (primary N) is 1. The van der Waals surface area contributed by atoms with Gasteiger partial charge in [-0.15, -0.1) is 0 Å². The molecule has 0 radical (unpaired) electrons. The maximum Gasteiger partial charge on any atom is 0.255 e. The summed E-state index contributed by atoms with van der Waals surface area (Å²) < 4.78 is 0.683. The zero-order valence-corrected chi connectivity index (χ0v) is 11.4. The third-order valence-electron chi connectivity index (χ3n) is 2.45. The van der Waals surface area contributed by atoms with Crippen molar-refractivity contribution in [2.24, 2.45) is 0 Å². The predicted octanol–water partition coefficient (Wildman–Crippen LogP) is 1.83. The molecule has 0 bridgehead atoms. The van der Waals surface area contributed by atoms with Crippen LogP contribution in [0.15, 0.2) is 16.6 Å². The highest BCUT2D eigenvalue weighted by Gasteiger charge is 2.18. The van der Waals surface area contributed by atoms with Gasteiger partial charge in [0.15, 0.2) is 0 Å². The Morgan fingerprint density at radius 1 is 1.39 bits per heavy atom. The summed E-state index contributed by atoms with van der Waals surface area (Å²) in [4.78, 5) is 13.4. The summed E-state index contributed by atoms with van der Waals surface area (Å²) in [6.45, 7) is 1.47. The first-order chi connectivity index (χ1) is 8.51. The molecule has 1 aromatic rings. The lowest BCUT2D eigenvalue weighted by Gasteiger charge is -2.18. The maximum absolute atomic E-state index is 12.2. The van der Waals surface area contributed by atoms with E-state index in [2.05, 4.69) is 15.9 Å². The first-order valence-electron chi connectivity index (χ1n) is 5.10. The topological polar surface area (TPSA) is 93.9 Å². The number of nitrogen functional groups attached to an aromatic ring is 1. The van der Waals surface area contributed by atoms with Gasteiger partial charge in [-0.2, -0.15) is 10.5 Å². The highest BCUT2D eigenvalue weighted by Crippen LogP contribution is 2.23. The Labute approximate surface area is 114 Å². The number of nitrogens with zero attached hydrogens (tertiary/aromatic N) is 3. The Hall–Kier alpha value is -2.05. The number of amides is 1. The Balaban J connectivity index is 3.17. The van der Waals surface area contributed by atoms with Crippen molar-refractivity contribution in [3.05, 3.63) is 27.7 Å². The standard InChI is InChI=1S/C12H11BrN4O/c1-8-10(6-9(13)7-11(8)16)12(18)17(4-2-14)5-3-15/h6-7H,4-5,16H2,1H3. The molecule has 5 nitrogen and oxygen atoms in total. The monoisotopic (exact) mass is 306 g/mol. The minimum Gasteiger partial charge on any atom is -0.398 e. The predicted molar refractivity (Wildman–Crippen MR) is 70.4 cm³/mol. The number of hydrogen-bond acceptors (Lipinski definition) is 4. The molecule has 0 aliphatic rings. The molecule has 1 rings (SSSR count). The van der Waals surface area contributed by atoms with Gasteiger partial charge in [0.05, 0.1) is 12.1 Å². The van der Waals surface area contributed by atoms with Crippen LogP contribution in [-0.4, -0.2) is 23.9 Å². The molecule has 0 unspecified atom stereocenters. The Bertz CT molecular complexity index is 540. The number of carbonyl (C=O) groups is 1. The average molecular weight is 307 g/mol. The smallest absolute Gasteiger partial charge is 0.255 e. The molecule has 1 amide bonds. The van der Waals surface area contributed by atoms with Crippen molar-refractivity contribution < 1.29 is 4.79 Å². The number of carbonyl (C=O) groups excluding carboxylic acids is 1. The highest BCUT2D eigenvalue weighted by atomic mass is 79.9. The van der Waals surface area contributed by atoms with Crippen LogP contribution in [0.25, 0.3) is 0 Å². The zero-order valence-electron chi connectivity index (χ0n) is 9.77. The average Bonchev–Trinajstić information content (AvgIpc) is 2.32. The van der Waals surface area contributed by atoms with Crippen molar-refractivity contribution in [2.45, 2.75) is 6.92 Å². The maximum atomic E-state index is 12.2. The quantitative estimate of drug-likeness (QED) is 0.681. The van der Waals surface area contributed by atoms with E-state index in [0.29, 0.717) is 21.3 Å². The van der Waals surface area contributed by atoms with Gasteiger partial charge in [0, 0.05) is 15.7 Å². The second-order valence-corrected chi connectivity index (χ2v) is 4.56. The summed E-state index contributed by atoms with van der Waals surface area (Å²) >= 11 is 3.26. The van der Waals surface area contributed by atoms with E-state index in [4.69, 9.17) is 16.3 Å². The molecule has 92 valence electrons. The third-order valence-corrected chi connectivity index (χ3v) is 2.91. The third kappa shape index (κ3) is 2.99. The number of halogens is 1. The summed E-state index contributed by atoms with van der Waals surface area (Å²) in [7, 11) is 0. The van der Waals surface area contributed by atoms with Crippen molar-refractivity contribution in [1.29, 1.82) is 10.5 Å². The van der Waals surface area contributed by atoms with E-state index in [1.807, 2.05) is 12.1 Å². The van der Waals surface area contributed by atoms with Crippen LogP contribution in [0.5, 0.6) is 0 Å². The number of anilines is 1.